The maximum absolute atomic E-state index is 12.0. The summed E-state index contributed by atoms with van der Waals surface area (Å²) in [5.74, 6) is 0. The molecule has 0 saturated carbocycles. The third kappa shape index (κ3) is 2.03. The molecule has 0 spiro atoms. The van der Waals surface area contributed by atoms with Gasteiger partial charge in [-0.3, -0.25) is 4.79 Å². The number of fused-ring (bicyclic) bond motifs is 3. The molecule has 0 amide bonds. The van der Waals surface area contributed by atoms with Crippen molar-refractivity contribution < 1.29 is 4.42 Å². The van der Waals surface area contributed by atoms with Gasteiger partial charge in [0, 0.05) is 16.9 Å². The molecule has 22 heavy (non-hydrogen) atoms. The summed E-state index contributed by atoms with van der Waals surface area (Å²) in [7, 11) is 0. The maximum atomic E-state index is 12.0. The number of pyridine rings is 2. The highest BCUT2D eigenvalue weighted by molar-refractivity contribution is 6.30. The van der Waals surface area contributed by atoms with Crippen molar-refractivity contribution in [3.05, 3.63) is 64.2 Å². The van der Waals surface area contributed by atoms with Gasteiger partial charge in [-0.2, -0.15) is 0 Å². The second-order valence-corrected chi connectivity index (χ2v) is 5.27. The molecule has 0 bridgehead atoms. The smallest absolute Gasteiger partial charge is 0.260 e. The van der Waals surface area contributed by atoms with Gasteiger partial charge in [0.25, 0.3) is 5.56 Å². The number of halogens is 1. The van der Waals surface area contributed by atoms with Gasteiger partial charge < -0.3 is 14.7 Å². The third-order valence-electron chi connectivity index (χ3n) is 3.42. The van der Waals surface area contributed by atoms with E-state index >= 15 is 0 Å². The van der Waals surface area contributed by atoms with Crippen molar-refractivity contribution in [1.29, 1.82) is 0 Å². The highest BCUT2D eigenvalue weighted by atomic mass is 35.5. The van der Waals surface area contributed by atoms with Gasteiger partial charge in [0.1, 0.15) is 5.65 Å². The van der Waals surface area contributed by atoms with Crippen LogP contribution in [-0.2, 0) is 0 Å². The standard InChI is InChI=1S/C16H10ClN3O2/c17-9-2-1-3-10(8-9)19-12-4-6-18-15-13(12)14-11(5-7-22-14)16(21)20-15/h1-8H,(H2,18,19,20,21). The summed E-state index contributed by atoms with van der Waals surface area (Å²) in [4.78, 5) is 18.9. The summed E-state index contributed by atoms with van der Waals surface area (Å²) < 4.78 is 5.49. The van der Waals surface area contributed by atoms with E-state index in [0.29, 0.717) is 21.6 Å². The SMILES string of the molecule is O=c1[nH]c2nccc(Nc3cccc(Cl)c3)c2c2occc12. The number of hydrogen-bond acceptors (Lipinski definition) is 4. The minimum absolute atomic E-state index is 0.219. The number of aromatic amines is 1. The van der Waals surface area contributed by atoms with Gasteiger partial charge in [0.15, 0.2) is 5.58 Å². The van der Waals surface area contributed by atoms with Crippen LogP contribution in [0.15, 0.2) is 58.1 Å². The van der Waals surface area contributed by atoms with E-state index in [-0.39, 0.29) is 5.56 Å². The van der Waals surface area contributed by atoms with E-state index in [1.54, 1.807) is 18.3 Å². The predicted octanol–water partition coefficient (Wildman–Crippen LogP) is 4.07. The Hall–Kier alpha value is -2.79. The highest BCUT2D eigenvalue weighted by Gasteiger charge is 2.13. The summed E-state index contributed by atoms with van der Waals surface area (Å²) in [6.07, 6.45) is 3.12. The van der Waals surface area contributed by atoms with Crippen molar-refractivity contribution in [3.8, 4) is 0 Å². The number of furan rings is 1. The Labute approximate surface area is 129 Å². The second kappa shape index (κ2) is 4.89. The highest BCUT2D eigenvalue weighted by Crippen LogP contribution is 2.30. The zero-order chi connectivity index (χ0) is 15.1. The van der Waals surface area contributed by atoms with Crippen LogP contribution in [0.25, 0.3) is 22.0 Å². The van der Waals surface area contributed by atoms with Crippen LogP contribution in [0.2, 0.25) is 5.02 Å². The second-order valence-electron chi connectivity index (χ2n) is 4.83. The van der Waals surface area contributed by atoms with Crippen molar-refractivity contribution in [3.63, 3.8) is 0 Å². The van der Waals surface area contributed by atoms with Gasteiger partial charge in [-0.15, -0.1) is 0 Å². The maximum Gasteiger partial charge on any atom is 0.260 e. The summed E-state index contributed by atoms with van der Waals surface area (Å²) in [5.41, 5.74) is 2.38. The van der Waals surface area contributed by atoms with Gasteiger partial charge in [0.2, 0.25) is 0 Å². The first-order valence-corrected chi connectivity index (χ1v) is 7.01. The van der Waals surface area contributed by atoms with E-state index in [0.717, 1.165) is 16.8 Å². The minimum atomic E-state index is -0.219. The fourth-order valence-corrected chi connectivity index (χ4v) is 2.66. The Balaban J connectivity index is 1.98. The molecule has 0 aliphatic heterocycles. The lowest BCUT2D eigenvalue weighted by Gasteiger charge is -2.09. The quantitative estimate of drug-likeness (QED) is 0.585. The molecular weight excluding hydrogens is 302 g/mol. The Kier molecular flexibility index (Phi) is 2.87. The third-order valence-corrected chi connectivity index (χ3v) is 3.66. The molecular formula is C16H10ClN3O2. The van der Waals surface area contributed by atoms with Gasteiger partial charge in [-0.25, -0.2) is 4.98 Å². The van der Waals surface area contributed by atoms with Crippen LogP contribution in [0.5, 0.6) is 0 Å². The first kappa shape index (κ1) is 12.9. The van der Waals surface area contributed by atoms with Crippen molar-refractivity contribution in [2.24, 2.45) is 0 Å². The number of rotatable bonds is 2. The summed E-state index contributed by atoms with van der Waals surface area (Å²) in [5, 5.41) is 5.14. The number of nitrogens with one attached hydrogen (secondary N) is 2. The normalized spacial score (nSPS) is 11.1. The van der Waals surface area contributed by atoms with Crippen LogP contribution in [-0.4, -0.2) is 9.97 Å². The topological polar surface area (TPSA) is 70.9 Å². The van der Waals surface area contributed by atoms with Crippen LogP contribution < -0.4 is 10.9 Å². The lowest BCUT2D eigenvalue weighted by Crippen LogP contribution is -2.06. The zero-order valence-corrected chi connectivity index (χ0v) is 12.0. The largest absolute Gasteiger partial charge is 0.463 e. The Morgan fingerprint density at radius 2 is 2.14 bits per heavy atom. The predicted molar refractivity (Wildman–Crippen MR) is 86.9 cm³/mol. The molecule has 0 aliphatic rings. The number of nitrogens with zero attached hydrogens (tertiary/aromatic N) is 1. The lowest BCUT2D eigenvalue weighted by atomic mass is 10.2. The molecule has 1 aromatic carbocycles. The number of anilines is 2. The Bertz CT molecular complexity index is 1050. The molecule has 0 fully saturated rings. The molecule has 0 saturated heterocycles. The molecule has 3 aromatic heterocycles. The number of benzene rings is 1. The van der Waals surface area contributed by atoms with Gasteiger partial charge in [-0.1, -0.05) is 17.7 Å². The van der Waals surface area contributed by atoms with E-state index < -0.39 is 0 Å². The molecule has 4 aromatic rings. The monoisotopic (exact) mass is 311 g/mol. The van der Waals surface area contributed by atoms with Crippen molar-refractivity contribution >= 4 is 45.0 Å². The fraction of sp³-hybridized carbons (Fsp3) is 0. The molecule has 108 valence electrons. The minimum Gasteiger partial charge on any atom is -0.463 e. The van der Waals surface area contributed by atoms with E-state index in [1.807, 2.05) is 24.3 Å². The number of aromatic nitrogens is 2. The summed E-state index contributed by atoms with van der Waals surface area (Å²) >= 11 is 6.01. The number of hydrogen-bond donors (Lipinski definition) is 2. The van der Waals surface area contributed by atoms with Crippen LogP contribution in [0.3, 0.4) is 0 Å². The number of H-pyrrole nitrogens is 1. The van der Waals surface area contributed by atoms with Crippen LogP contribution in [0, 0.1) is 0 Å². The summed E-state index contributed by atoms with van der Waals surface area (Å²) in [6.45, 7) is 0. The first-order valence-electron chi connectivity index (χ1n) is 6.63. The van der Waals surface area contributed by atoms with Crippen LogP contribution >= 0.6 is 11.6 Å². The van der Waals surface area contributed by atoms with E-state index in [2.05, 4.69) is 15.3 Å². The van der Waals surface area contributed by atoms with Crippen molar-refractivity contribution in [1.82, 2.24) is 9.97 Å². The Morgan fingerprint density at radius 1 is 1.23 bits per heavy atom. The molecule has 2 N–H and O–H groups in total. The molecule has 0 radical (unpaired) electrons. The van der Waals surface area contributed by atoms with E-state index in [4.69, 9.17) is 16.0 Å². The zero-order valence-electron chi connectivity index (χ0n) is 11.3. The van der Waals surface area contributed by atoms with Crippen molar-refractivity contribution in [2.75, 3.05) is 5.32 Å². The van der Waals surface area contributed by atoms with Crippen molar-refractivity contribution in [2.45, 2.75) is 0 Å². The lowest BCUT2D eigenvalue weighted by molar-refractivity contribution is 0.619. The van der Waals surface area contributed by atoms with Gasteiger partial charge in [-0.05, 0) is 30.3 Å². The van der Waals surface area contributed by atoms with Crippen LogP contribution in [0.4, 0.5) is 11.4 Å². The average Bonchev–Trinajstić information content (AvgIpc) is 2.97. The average molecular weight is 312 g/mol. The van der Waals surface area contributed by atoms with E-state index in [1.165, 1.54) is 6.26 Å². The fourth-order valence-electron chi connectivity index (χ4n) is 2.47. The van der Waals surface area contributed by atoms with Gasteiger partial charge in [0.05, 0.1) is 22.7 Å². The molecule has 3 heterocycles. The Morgan fingerprint density at radius 3 is 3.00 bits per heavy atom. The van der Waals surface area contributed by atoms with Gasteiger partial charge >= 0.3 is 0 Å². The first-order chi connectivity index (χ1) is 10.7. The van der Waals surface area contributed by atoms with Crippen LogP contribution in [0.1, 0.15) is 0 Å². The molecule has 4 rings (SSSR count). The molecule has 6 heteroatoms. The summed E-state index contributed by atoms with van der Waals surface area (Å²) in [6, 6.07) is 10.9. The molecule has 0 atom stereocenters. The molecule has 0 unspecified atom stereocenters. The van der Waals surface area contributed by atoms with E-state index in [9.17, 15) is 4.79 Å². The molecule has 0 aliphatic carbocycles. The molecule has 5 nitrogen and oxygen atoms in total.